The van der Waals surface area contributed by atoms with Crippen LogP contribution in [0.3, 0.4) is 0 Å². The van der Waals surface area contributed by atoms with Crippen molar-refractivity contribution in [3.05, 3.63) is 35.4 Å². The van der Waals surface area contributed by atoms with Crippen molar-refractivity contribution >= 4 is 6.09 Å². The van der Waals surface area contributed by atoms with Gasteiger partial charge in [-0.2, -0.15) is 0 Å². The summed E-state index contributed by atoms with van der Waals surface area (Å²) in [4.78, 5) is 15.8. The van der Waals surface area contributed by atoms with Crippen molar-refractivity contribution < 1.29 is 18.3 Å². The van der Waals surface area contributed by atoms with Crippen molar-refractivity contribution in [1.82, 2.24) is 9.80 Å². The Morgan fingerprint density at radius 3 is 2.39 bits per heavy atom. The lowest BCUT2D eigenvalue weighted by Gasteiger charge is -2.35. The summed E-state index contributed by atoms with van der Waals surface area (Å²) in [5.41, 5.74) is 0.0231. The van der Waals surface area contributed by atoms with Gasteiger partial charge in [-0.15, -0.1) is 0 Å². The van der Waals surface area contributed by atoms with Crippen LogP contribution in [0.25, 0.3) is 0 Å². The molecule has 1 aliphatic heterocycles. The smallest absolute Gasteiger partial charge is 0.410 e. The molecule has 4 nitrogen and oxygen atoms in total. The summed E-state index contributed by atoms with van der Waals surface area (Å²) in [6.45, 7) is 8.87. The number of piperazine rings is 1. The van der Waals surface area contributed by atoms with Gasteiger partial charge in [0.2, 0.25) is 0 Å². The van der Waals surface area contributed by atoms with Gasteiger partial charge in [-0.25, -0.2) is 13.6 Å². The SMILES string of the molecule is CC(C)(C)OC(=O)N1CCN(CCc2ccc(F)cc2F)CC1. The summed E-state index contributed by atoms with van der Waals surface area (Å²) < 4.78 is 31.8. The molecule has 0 aromatic heterocycles. The number of nitrogens with zero attached hydrogens (tertiary/aromatic N) is 2. The fraction of sp³-hybridized carbons (Fsp3) is 0.588. The zero-order valence-corrected chi connectivity index (χ0v) is 13.9. The second kappa shape index (κ2) is 7.25. The van der Waals surface area contributed by atoms with Gasteiger partial charge in [-0.05, 0) is 38.8 Å². The second-order valence-electron chi connectivity index (χ2n) is 6.79. The molecule has 23 heavy (non-hydrogen) atoms. The van der Waals surface area contributed by atoms with Crippen LogP contribution in [-0.2, 0) is 11.2 Å². The Balaban J connectivity index is 1.77. The average molecular weight is 326 g/mol. The van der Waals surface area contributed by atoms with Crippen LogP contribution in [-0.4, -0.2) is 54.2 Å². The molecule has 6 heteroatoms. The van der Waals surface area contributed by atoms with Crippen molar-refractivity contribution in [2.24, 2.45) is 0 Å². The highest BCUT2D eigenvalue weighted by Gasteiger charge is 2.25. The van der Waals surface area contributed by atoms with Crippen molar-refractivity contribution in [3.8, 4) is 0 Å². The molecule has 0 unspecified atom stereocenters. The van der Waals surface area contributed by atoms with Crippen molar-refractivity contribution in [3.63, 3.8) is 0 Å². The standard InChI is InChI=1S/C17H24F2N2O2/c1-17(2,3)23-16(22)21-10-8-20(9-11-21)7-6-13-4-5-14(18)12-15(13)19/h4-5,12H,6-11H2,1-3H3. The number of ether oxygens (including phenoxy) is 1. The lowest BCUT2D eigenvalue weighted by atomic mass is 10.1. The van der Waals surface area contributed by atoms with E-state index in [9.17, 15) is 13.6 Å². The molecule has 1 heterocycles. The number of rotatable bonds is 3. The summed E-state index contributed by atoms with van der Waals surface area (Å²) in [6, 6.07) is 3.68. The highest BCUT2D eigenvalue weighted by molar-refractivity contribution is 5.68. The summed E-state index contributed by atoms with van der Waals surface area (Å²) in [5.74, 6) is -1.06. The minimum absolute atomic E-state index is 0.290. The van der Waals surface area contributed by atoms with Crippen LogP contribution in [0.15, 0.2) is 18.2 Å². The Morgan fingerprint density at radius 2 is 1.83 bits per heavy atom. The molecular formula is C17H24F2N2O2. The molecular weight excluding hydrogens is 302 g/mol. The normalized spacial score (nSPS) is 16.5. The third-order valence-electron chi connectivity index (χ3n) is 3.74. The quantitative estimate of drug-likeness (QED) is 0.856. The van der Waals surface area contributed by atoms with Crippen LogP contribution < -0.4 is 0 Å². The molecule has 1 fully saturated rings. The number of amides is 1. The first-order chi connectivity index (χ1) is 10.7. The van der Waals surface area contributed by atoms with E-state index < -0.39 is 17.2 Å². The van der Waals surface area contributed by atoms with Gasteiger partial charge in [0.1, 0.15) is 17.2 Å². The fourth-order valence-corrected chi connectivity index (χ4v) is 2.48. The van der Waals surface area contributed by atoms with E-state index in [0.717, 1.165) is 19.2 Å². The zero-order valence-electron chi connectivity index (χ0n) is 13.9. The number of halogens is 2. The number of hydrogen-bond donors (Lipinski definition) is 0. The van der Waals surface area contributed by atoms with E-state index in [0.29, 0.717) is 31.6 Å². The highest BCUT2D eigenvalue weighted by Crippen LogP contribution is 2.14. The Kier molecular flexibility index (Phi) is 5.57. The van der Waals surface area contributed by atoms with Crippen LogP contribution in [0.5, 0.6) is 0 Å². The van der Waals surface area contributed by atoms with Crippen LogP contribution >= 0.6 is 0 Å². The van der Waals surface area contributed by atoms with E-state index in [2.05, 4.69) is 4.90 Å². The fourth-order valence-electron chi connectivity index (χ4n) is 2.48. The summed E-state index contributed by atoms with van der Waals surface area (Å²) in [5, 5.41) is 0. The van der Waals surface area contributed by atoms with Crippen LogP contribution in [0.2, 0.25) is 0 Å². The lowest BCUT2D eigenvalue weighted by molar-refractivity contribution is 0.0146. The predicted molar refractivity (Wildman–Crippen MR) is 84.3 cm³/mol. The van der Waals surface area contributed by atoms with E-state index >= 15 is 0 Å². The van der Waals surface area contributed by atoms with E-state index in [-0.39, 0.29) is 6.09 Å². The van der Waals surface area contributed by atoms with Gasteiger partial charge in [-0.3, -0.25) is 4.90 Å². The summed E-state index contributed by atoms with van der Waals surface area (Å²) >= 11 is 0. The van der Waals surface area contributed by atoms with Gasteiger partial charge in [0, 0.05) is 38.8 Å². The van der Waals surface area contributed by atoms with Crippen molar-refractivity contribution in [2.75, 3.05) is 32.7 Å². The maximum Gasteiger partial charge on any atom is 0.410 e. The predicted octanol–water partition coefficient (Wildman–Crippen LogP) is 3.06. The molecule has 1 saturated heterocycles. The third kappa shape index (κ3) is 5.46. The van der Waals surface area contributed by atoms with Crippen LogP contribution in [0.4, 0.5) is 13.6 Å². The third-order valence-corrected chi connectivity index (χ3v) is 3.74. The first-order valence-corrected chi connectivity index (χ1v) is 7.89. The molecule has 0 N–H and O–H groups in total. The topological polar surface area (TPSA) is 32.8 Å². The number of hydrogen-bond acceptors (Lipinski definition) is 3. The van der Waals surface area contributed by atoms with Gasteiger partial charge in [0.25, 0.3) is 0 Å². The largest absolute Gasteiger partial charge is 0.444 e. The number of carbonyl (C=O) groups is 1. The molecule has 0 bridgehead atoms. The minimum Gasteiger partial charge on any atom is -0.444 e. The molecule has 0 atom stereocenters. The monoisotopic (exact) mass is 326 g/mol. The maximum absolute atomic E-state index is 13.6. The molecule has 2 rings (SSSR count). The molecule has 128 valence electrons. The van der Waals surface area contributed by atoms with Gasteiger partial charge in [0.05, 0.1) is 0 Å². The maximum atomic E-state index is 13.6. The molecule has 0 radical (unpaired) electrons. The van der Waals surface area contributed by atoms with E-state index in [1.807, 2.05) is 20.8 Å². The highest BCUT2D eigenvalue weighted by atomic mass is 19.1. The average Bonchev–Trinajstić information content (AvgIpc) is 2.45. The Labute approximate surface area is 136 Å². The van der Waals surface area contributed by atoms with E-state index in [1.165, 1.54) is 12.1 Å². The molecule has 0 spiro atoms. The van der Waals surface area contributed by atoms with Crippen molar-refractivity contribution in [2.45, 2.75) is 32.8 Å². The molecule has 1 aliphatic rings. The minimum atomic E-state index is -0.558. The van der Waals surface area contributed by atoms with E-state index in [4.69, 9.17) is 4.74 Å². The first-order valence-electron chi connectivity index (χ1n) is 7.89. The van der Waals surface area contributed by atoms with E-state index in [1.54, 1.807) is 4.90 Å². The zero-order chi connectivity index (χ0) is 17.0. The molecule has 1 aromatic rings. The molecule has 0 saturated carbocycles. The Hall–Kier alpha value is -1.69. The summed E-state index contributed by atoms with van der Waals surface area (Å²) in [6.07, 6.45) is 0.236. The van der Waals surface area contributed by atoms with Crippen LogP contribution in [0, 0.1) is 11.6 Å². The Morgan fingerprint density at radius 1 is 1.17 bits per heavy atom. The van der Waals surface area contributed by atoms with Gasteiger partial charge in [0.15, 0.2) is 0 Å². The lowest BCUT2D eigenvalue weighted by Crippen LogP contribution is -2.50. The van der Waals surface area contributed by atoms with Gasteiger partial charge < -0.3 is 9.64 Å². The molecule has 1 amide bonds. The molecule has 0 aliphatic carbocycles. The number of carbonyl (C=O) groups excluding carboxylic acids is 1. The molecule has 1 aromatic carbocycles. The van der Waals surface area contributed by atoms with Crippen molar-refractivity contribution in [1.29, 1.82) is 0 Å². The first kappa shape index (κ1) is 17.7. The van der Waals surface area contributed by atoms with Gasteiger partial charge in [-0.1, -0.05) is 6.07 Å². The number of benzene rings is 1. The van der Waals surface area contributed by atoms with Gasteiger partial charge >= 0.3 is 6.09 Å². The van der Waals surface area contributed by atoms with Crippen LogP contribution in [0.1, 0.15) is 26.3 Å². The Bertz CT molecular complexity index is 550. The summed E-state index contributed by atoms with van der Waals surface area (Å²) in [7, 11) is 0. The second-order valence-corrected chi connectivity index (χ2v) is 6.79.